The van der Waals surface area contributed by atoms with Crippen LogP contribution in [0.2, 0.25) is 0 Å². The van der Waals surface area contributed by atoms with E-state index >= 15 is 0 Å². The monoisotopic (exact) mass is 418 g/mol. The van der Waals surface area contributed by atoms with Crippen LogP contribution >= 0.6 is 0 Å². The van der Waals surface area contributed by atoms with E-state index in [-0.39, 0.29) is 5.91 Å². The highest BCUT2D eigenvalue weighted by Crippen LogP contribution is 2.34. The van der Waals surface area contributed by atoms with Crippen molar-refractivity contribution in [1.82, 2.24) is 10.5 Å². The Kier molecular flexibility index (Phi) is 6.26. The van der Waals surface area contributed by atoms with Crippen LogP contribution < -0.4 is 15.1 Å². The molecule has 2 aromatic carbocycles. The Hall–Kier alpha value is -3.28. The number of amides is 1. The number of nitrogens with zero attached hydrogens (tertiary/aromatic N) is 3. The Balaban J connectivity index is 1.50. The van der Waals surface area contributed by atoms with Crippen LogP contribution in [0.1, 0.15) is 29.5 Å². The van der Waals surface area contributed by atoms with Crippen LogP contribution in [0.4, 0.5) is 11.4 Å². The molecule has 6 nitrogen and oxygen atoms in total. The minimum atomic E-state index is -0.00138. The van der Waals surface area contributed by atoms with E-state index in [2.05, 4.69) is 69.7 Å². The van der Waals surface area contributed by atoms with Crippen LogP contribution in [0.5, 0.6) is 0 Å². The fourth-order valence-electron chi connectivity index (χ4n) is 4.28. The van der Waals surface area contributed by atoms with Gasteiger partial charge in [-0.2, -0.15) is 0 Å². The SMILES string of the molecule is Cc1noc(C)c1CNC(=O)CN1CC(C)CN(Cc2ccccc2)c2ccccc21. The molecule has 4 rings (SSSR count). The molecule has 0 spiro atoms. The summed E-state index contributed by atoms with van der Waals surface area (Å²) in [5.41, 5.74) is 5.34. The van der Waals surface area contributed by atoms with Gasteiger partial charge in [0.15, 0.2) is 0 Å². The summed E-state index contributed by atoms with van der Waals surface area (Å²) >= 11 is 0. The lowest BCUT2D eigenvalue weighted by atomic mass is 10.1. The van der Waals surface area contributed by atoms with Crippen molar-refractivity contribution in [3.63, 3.8) is 0 Å². The summed E-state index contributed by atoms with van der Waals surface area (Å²) in [4.78, 5) is 17.4. The highest BCUT2D eigenvalue weighted by Gasteiger charge is 2.25. The number of fused-ring (bicyclic) bond motifs is 1. The highest BCUT2D eigenvalue weighted by molar-refractivity contribution is 5.84. The Labute approximate surface area is 183 Å². The molecule has 1 N–H and O–H groups in total. The lowest BCUT2D eigenvalue weighted by molar-refractivity contribution is -0.119. The average molecular weight is 419 g/mol. The van der Waals surface area contributed by atoms with Crippen molar-refractivity contribution in [2.45, 2.75) is 33.9 Å². The zero-order valence-electron chi connectivity index (χ0n) is 18.5. The zero-order chi connectivity index (χ0) is 21.8. The molecular weight excluding hydrogens is 388 g/mol. The highest BCUT2D eigenvalue weighted by atomic mass is 16.5. The van der Waals surface area contributed by atoms with E-state index in [1.54, 1.807) is 0 Å². The molecule has 1 aliphatic rings. The third-order valence-electron chi connectivity index (χ3n) is 5.82. The summed E-state index contributed by atoms with van der Waals surface area (Å²) in [7, 11) is 0. The van der Waals surface area contributed by atoms with Gasteiger partial charge in [-0.15, -0.1) is 0 Å². The van der Waals surface area contributed by atoms with Gasteiger partial charge in [-0.05, 0) is 37.5 Å². The van der Waals surface area contributed by atoms with Crippen LogP contribution in [0.3, 0.4) is 0 Å². The predicted octanol–water partition coefficient (Wildman–Crippen LogP) is 4.07. The Morgan fingerprint density at radius 3 is 2.35 bits per heavy atom. The first kappa shape index (κ1) is 21.0. The molecule has 1 atom stereocenters. The molecule has 0 radical (unpaired) electrons. The second-order valence-corrected chi connectivity index (χ2v) is 8.42. The predicted molar refractivity (Wildman–Crippen MR) is 123 cm³/mol. The lowest BCUT2D eigenvalue weighted by Gasteiger charge is -2.27. The van der Waals surface area contributed by atoms with Crippen LogP contribution in [-0.2, 0) is 17.9 Å². The van der Waals surface area contributed by atoms with Gasteiger partial charge >= 0.3 is 0 Å². The summed E-state index contributed by atoms with van der Waals surface area (Å²) in [6.07, 6.45) is 0. The molecule has 162 valence electrons. The number of carbonyl (C=O) groups excluding carboxylic acids is 1. The standard InChI is InChI=1S/C25H30N4O2/c1-18-14-28(16-21-9-5-4-6-10-21)23-11-7-8-12-24(23)29(15-18)17-25(30)26-13-22-19(2)27-31-20(22)3/h4-12,18H,13-17H2,1-3H3,(H,26,30). The van der Waals surface area contributed by atoms with Crippen molar-refractivity contribution >= 4 is 17.3 Å². The second-order valence-electron chi connectivity index (χ2n) is 8.42. The van der Waals surface area contributed by atoms with Gasteiger partial charge in [0.2, 0.25) is 5.91 Å². The quantitative estimate of drug-likeness (QED) is 0.654. The molecule has 0 saturated carbocycles. The first-order chi connectivity index (χ1) is 15.0. The summed E-state index contributed by atoms with van der Waals surface area (Å²) in [6.45, 7) is 9.41. The number of aromatic nitrogens is 1. The molecule has 0 fully saturated rings. The molecule has 0 bridgehead atoms. The summed E-state index contributed by atoms with van der Waals surface area (Å²) in [5.74, 6) is 1.17. The number of para-hydroxylation sites is 2. The molecule has 1 amide bonds. The largest absolute Gasteiger partial charge is 0.365 e. The number of nitrogens with one attached hydrogen (secondary N) is 1. The maximum Gasteiger partial charge on any atom is 0.239 e. The van der Waals surface area contributed by atoms with Gasteiger partial charge in [-0.3, -0.25) is 4.79 Å². The number of anilines is 2. The molecule has 0 saturated heterocycles. The number of carbonyl (C=O) groups is 1. The number of hydrogen-bond donors (Lipinski definition) is 1. The fraction of sp³-hybridized carbons (Fsp3) is 0.360. The Morgan fingerprint density at radius 1 is 1.03 bits per heavy atom. The van der Waals surface area contributed by atoms with Crippen molar-refractivity contribution in [1.29, 1.82) is 0 Å². The molecule has 1 aromatic heterocycles. The van der Waals surface area contributed by atoms with E-state index in [4.69, 9.17) is 4.52 Å². The fourth-order valence-corrected chi connectivity index (χ4v) is 4.28. The van der Waals surface area contributed by atoms with Gasteiger partial charge in [0.25, 0.3) is 0 Å². The van der Waals surface area contributed by atoms with Crippen LogP contribution in [0, 0.1) is 19.8 Å². The smallest absolute Gasteiger partial charge is 0.239 e. The first-order valence-electron chi connectivity index (χ1n) is 10.8. The van der Waals surface area contributed by atoms with Crippen LogP contribution in [-0.4, -0.2) is 30.7 Å². The van der Waals surface area contributed by atoms with E-state index in [1.165, 1.54) is 11.3 Å². The van der Waals surface area contributed by atoms with Gasteiger partial charge in [-0.25, -0.2) is 0 Å². The number of rotatable bonds is 6. The van der Waals surface area contributed by atoms with E-state index in [1.807, 2.05) is 26.0 Å². The lowest BCUT2D eigenvalue weighted by Crippen LogP contribution is -2.39. The summed E-state index contributed by atoms with van der Waals surface area (Å²) < 4.78 is 5.20. The normalized spacial score (nSPS) is 16.0. The van der Waals surface area contributed by atoms with E-state index < -0.39 is 0 Å². The molecule has 31 heavy (non-hydrogen) atoms. The van der Waals surface area contributed by atoms with Crippen LogP contribution in [0.25, 0.3) is 0 Å². The molecule has 3 aromatic rings. The number of benzene rings is 2. The van der Waals surface area contributed by atoms with E-state index in [9.17, 15) is 4.79 Å². The maximum atomic E-state index is 12.8. The van der Waals surface area contributed by atoms with Crippen molar-refractivity contribution in [2.24, 2.45) is 5.92 Å². The molecule has 1 unspecified atom stereocenters. The van der Waals surface area contributed by atoms with Gasteiger partial charge in [0.05, 0.1) is 23.6 Å². The average Bonchev–Trinajstić information content (AvgIpc) is 3.02. The zero-order valence-corrected chi connectivity index (χ0v) is 18.5. The van der Waals surface area contributed by atoms with Gasteiger partial charge < -0.3 is 19.6 Å². The minimum absolute atomic E-state index is 0.00138. The summed E-state index contributed by atoms with van der Waals surface area (Å²) in [5, 5.41) is 7.00. The Bertz CT molecular complexity index is 1010. The van der Waals surface area contributed by atoms with Crippen molar-refractivity contribution in [3.05, 3.63) is 77.2 Å². The second kappa shape index (κ2) is 9.25. The van der Waals surface area contributed by atoms with E-state index in [0.717, 1.165) is 42.3 Å². The Morgan fingerprint density at radius 2 is 1.68 bits per heavy atom. The maximum absolute atomic E-state index is 12.8. The van der Waals surface area contributed by atoms with E-state index in [0.29, 0.717) is 19.0 Å². The number of hydrogen-bond acceptors (Lipinski definition) is 5. The third-order valence-corrected chi connectivity index (χ3v) is 5.82. The molecule has 0 aliphatic carbocycles. The first-order valence-corrected chi connectivity index (χ1v) is 10.8. The van der Waals surface area contributed by atoms with Gasteiger partial charge in [-0.1, -0.05) is 54.5 Å². The third kappa shape index (κ3) is 4.90. The minimum Gasteiger partial charge on any atom is -0.365 e. The van der Waals surface area contributed by atoms with Crippen molar-refractivity contribution in [3.8, 4) is 0 Å². The molecule has 6 heteroatoms. The summed E-state index contributed by atoms with van der Waals surface area (Å²) in [6, 6.07) is 18.9. The van der Waals surface area contributed by atoms with Crippen LogP contribution in [0.15, 0.2) is 59.1 Å². The molecule has 1 aliphatic heterocycles. The molecule has 2 heterocycles. The van der Waals surface area contributed by atoms with Gasteiger partial charge in [0, 0.05) is 31.7 Å². The van der Waals surface area contributed by atoms with Crippen molar-refractivity contribution in [2.75, 3.05) is 29.4 Å². The number of aryl methyl sites for hydroxylation is 2. The van der Waals surface area contributed by atoms with Gasteiger partial charge in [0.1, 0.15) is 5.76 Å². The van der Waals surface area contributed by atoms with Crippen molar-refractivity contribution < 1.29 is 9.32 Å². The molecular formula is C25H30N4O2. The topological polar surface area (TPSA) is 61.6 Å².